The standard InChI is InChI=1S/C15H21N5O4/c1-8(2)3-4-16-13-10-14(18-6-17-13)20(7-19-10)15-12(23)11(22)9(5-21)24-15/h3-4,6-9,11-12,15,21-23H,5H2,1-2H3,(H,16,17,18)/t9-,11-,12-,15-/m1/s1. The van der Waals surface area contributed by atoms with E-state index in [-0.39, 0.29) is 6.61 Å². The first-order chi connectivity index (χ1) is 11.5. The van der Waals surface area contributed by atoms with E-state index in [0.717, 1.165) is 0 Å². The molecule has 0 aromatic carbocycles. The molecule has 3 heterocycles. The zero-order valence-electron chi connectivity index (χ0n) is 13.4. The molecule has 2 aromatic rings. The van der Waals surface area contributed by atoms with Crippen LogP contribution >= 0.6 is 0 Å². The molecule has 9 nitrogen and oxygen atoms in total. The number of aromatic nitrogens is 4. The highest BCUT2D eigenvalue weighted by Gasteiger charge is 2.43. The lowest BCUT2D eigenvalue weighted by atomic mass is 10.1. The van der Waals surface area contributed by atoms with Gasteiger partial charge in [0.2, 0.25) is 0 Å². The first-order valence-electron chi connectivity index (χ1n) is 7.76. The van der Waals surface area contributed by atoms with Crippen molar-refractivity contribution in [1.82, 2.24) is 19.5 Å². The molecule has 9 heteroatoms. The molecular weight excluding hydrogens is 314 g/mol. The largest absolute Gasteiger partial charge is 0.394 e. The highest BCUT2D eigenvalue weighted by Crippen LogP contribution is 2.32. The number of ether oxygens (including phenoxy) is 1. The second-order valence-corrected chi connectivity index (χ2v) is 6.02. The van der Waals surface area contributed by atoms with E-state index in [2.05, 4.69) is 34.1 Å². The monoisotopic (exact) mass is 335 g/mol. The van der Waals surface area contributed by atoms with Gasteiger partial charge in [0.15, 0.2) is 23.2 Å². The number of aliphatic hydroxyl groups excluding tert-OH is 3. The molecule has 0 saturated carbocycles. The molecular formula is C15H21N5O4. The Labute approximate surface area is 138 Å². The van der Waals surface area contributed by atoms with Crippen LogP contribution in [-0.2, 0) is 4.74 Å². The molecule has 0 bridgehead atoms. The fraction of sp³-hybridized carbons (Fsp3) is 0.533. The van der Waals surface area contributed by atoms with Crippen LogP contribution in [0.2, 0.25) is 0 Å². The first kappa shape index (κ1) is 16.8. The van der Waals surface area contributed by atoms with Crippen LogP contribution in [-0.4, -0.2) is 59.8 Å². The van der Waals surface area contributed by atoms with Crippen molar-refractivity contribution in [3.05, 3.63) is 24.9 Å². The molecule has 0 radical (unpaired) electrons. The molecule has 1 aliphatic rings. The molecule has 1 saturated heterocycles. The Balaban J connectivity index is 1.91. The molecule has 4 N–H and O–H groups in total. The number of anilines is 1. The summed E-state index contributed by atoms with van der Waals surface area (Å²) in [5.41, 5.74) is 0.976. The number of hydrogen-bond donors (Lipinski definition) is 4. The van der Waals surface area contributed by atoms with Crippen LogP contribution in [0.5, 0.6) is 0 Å². The Hall–Kier alpha value is -2.07. The Kier molecular flexibility index (Phi) is 4.76. The molecule has 2 aromatic heterocycles. The number of imidazole rings is 1. The number of allylic oxidation sites excluding steroid dienone is 1. The van der Waals surface area contributed by atoms with E-state index in [9.17, 15) is 15.3 Å². The minimum atomic E-state index is -1.19. The number of aliphatic hydroxyl groups is 3. The average molecular weight is 335 g/mol. The predicted octanol–water partition coefficient (Wildman–Crippen LogP) is 0.0194. The highest BCUT2D eigenvalue weighted by atomic mass is 16.6. The maximum absolute atomic E-state index is 10.2. The number of fused-ring (bicyclic) bond motifs is 1. The first-order valence-corrected chi connectivity index (χ1v) is 7.76. The summed E-state index contributed by atoms with van der Waals surface area (Å²) in [4.78, 5) is 12.6. The number of hydrogen-bond acceptors (Lipinski definition) is 8. The Bertz CT molecular complexity index is 732. The van der Waals surface area contributed by atoms with Gasteiger partial charge in [0.25, 0.3) is 0 Å². The van der Waals surface area contributed by atoms with Crippen LogP contribution in [0.1, 0.15) is 20.1 Å². The van der Waals surface area contributed by atoms with Crippen LogP contribution in [0, 0.1) is 5.92 Å². The molecule has 0 spiro atoms. The zero-order chi connectivity index (χ0) is 17.3. The van der Waals surface area contributed by atoms with E-state index in [1.54, 1.807) is 6.20 Å². The zero-order valence-corrected chi connectivity index (χ0v) is 13.4. The second kappa shape index (κ2) is 6.81. The van der Waals surface area contributed by atoms with E-state index in [4.69, 9.17) is 4.74 Å². The summed E-state index contributed by atoms with van der Waals surface area (Å²) >= 11 is 0. The number of nitrogens with zero attached hydrogens (tertiary/aromatic N) is 4. The summed E-state index contributed by atoms with van der Waals surface area (Å²) in [7, 11) is 0. The second-order valence-electron chi connectivity index (χ2n) is 6.02. The third kappa shape index (κ3) is 2.98. The SMILES string of the molecule is CC(C)C=CNc1ncnc2c1ncn2[C@@H]1O[C@H](CO)[C@@H](O)[C@H]1O. The van der Waals surface area contributed by atoms with Gasteiger partial charge in [-0.25, -0.2) is 15.0 Å². The highest BCUT2D eigenvalue weighted by molar-refractivity contribution is 5.83. The fourth-order valence-electron chi connectivity index (χ4n) is 2.57. The maximum atomic E-state index is 10.2. The van der Waals surface area contributed by atoms with Crippen LogP contribution in [0.3, 0.4) is 0 Å². The maximum Gasteiger partial charge on any atom is 0.167 e. The summed E-state index contributed by atoms with van der Waals surface area (Å²) in [6.45, 7) is 3.73. The Morgan fingerprint density at radius 2 is 2.08 bits per heavy atom. The molecule has 130 valence electrons. The van der Waals surface area contributed by atoms with Gasteiger partial charge >= 0.3 is 0 Å². The van der Waals surface area contributed by atoms with Gasteiger partial charge in [-0.1, -0.05) is 19.9 Å². The van der Waals surface area contributed by atoms with Gasteiger partial charge in [-0.2, -0.15) is 0 Å². The van der Waals surface area contributed by atoms with Crippen molar-refractivity contribution >= 4 is 17.0 Å². The van der Waals surface area contributed by atoms with Crippen molar-refractivity contribution in [3.63, 3.8) is 0 Å². The average Bonchev–Trinajstić information content (AvgIpc) is 3.10. The summed E-state index contributed by atoms with van der Waals surface area (Å²) in [6.07, 6.45) is 2.53. The van der Waals surface area contributed by atoms with E-state index in [1.165, 1.54) is 17.2 Å². The van der Waals surface area contributed by atoms with Crippen LogP contribution in [0.4, 0.5) is 5.82 Å². The molecule has 0 aliphatic carbocycles. The van der Waals surface area contributed by atoms with E-state index in [0.29, 0.717) is 22.9 Å². The Morgan fingerprint density at radius 1 is 1.29 bits per heavy atom. The number of nitrogens with one attached hydrogen (secondary N) is 1. The van der Waals surface area contributed by atoms with Crippen LogP contribution in [0.15, 0.2) is 24.9 Å². The molecule has 0 amide bonds. The van der Waals surface area contributed by atoms with Gasteiger partial charge in [0.05, 0.1) is 12.9 Å². The van der Waals surface area contributed by atoms with Crippen molar-refractivity contribution in [3.8, 4) is 0 Å². The van der Waals surface area contributed by atoms with Crippen molar-refractivity contribution in [2.24, 2.45) is 5.92 Å². The molecule has 24 heavy (non-hydrogen) atoms. The van der Waals surface area contributed by atoms with Crippen molar-refractivity contribution < 1.29 is 20.1 Å². The van der Waals surface area contributed by atoms with E-state index in [1.807, 2.05) is 6.08 Å². The van der Waals surface area contributed by atoms with Crippen LogP contribution in [0.25, 0.3) is 11.2 Å². The minimum Gasteiger partial charge on any atom is -0.394 e. The summed E-state index contributed by atoms with van der Waals surface area (Å²) < 4.78 is 7.04. The van der Waals surface area contributed by atoms with Gasteiger partial charge in [-0.05, 0) is 12.1 Å². The molecule has 4 atom stereocenters. The number of rotatable bonds is 5. The Morgan fingerprint density at radius 3 is 2.75 bits per heavy atom. The lowest BCUT2D eigenvalue weighted by Crippen LogP contribution is -2.33. The van der Waals surface area contributed by atoms with Gasteiger partial charge in [0.1, 0.15) is 24.6 Å². The predicted molar refractivity (Wildman–Crippen MR) is 85.9 cm³/mol. The third-order valence-corrected chi connectivity index (χ3v) is 3.85. The van der Waals surface area contributed by atoms with Crippen molar-refractivity contribution in [2.45, 2.75) is 38.4 Å². The molecule has 3 rings (SSSR count). The summed E-state index contributed by atoms with van der Waals surface area (Å²) in [5, 5.41) is 32.3. The van der Waals surface area contributed by atoms with Crippen molar-refractivity contribution in [1.29, 1.82) is 0 Å². The quantitative estimate of drug-likeness (QED) is 0.602. The smallest absolute Gasteiger partial charge is 0.167 e. The van der Waals surface area contributed by atoms with Gasteiger partial charge in [0, 0.05) is 0 Å². The van der Waals surface area contributed by atoms with Crippen molar-refractivity contribution in [2.75, 3.05) is 11.9 Å². The normalized spacial score (nSPS) is 27.6. The van der Waals surface area contributed by atoms with Crippen LogP contribution < -0.4 is 5.32 Å². The van der Waals surface area contributed by atoms with Gasteiger partial charge < -0.3 is 25.4 Å². The molecule has 1 aliphatic heterocycles. The molecule has 0 unspecified atom stereocenters. The third-order valence-electron chi connectivity index (χ3n) is 3.85. The van der Waals surface area contributed by atoms with E-state index < -0.39 is 24.5 Å². The minimum absolute atomic E-state index is 0.386. The lowest BCUT2D eigenvalue weighted by molar-refractivity contribution is -0.0511. The van der Waals surface area contributed by atoms with Gasteiger partial charge in [-0.3, -0.25) is 4.57 Å². The van der Waals surface area contributed by atoms with Gasteiger partial charge in [-0.15, -0.1) is 0 Å². The lowest BCUT2D eigenvalue weighted by Gasteiger charge is -2.16. The summed E-state index contributed by atoms with van der Waals surface area (Å²) in [5.74, 6) is 0.925. The fourth-order valence-corrected chi connectivity index (χ4v) is 2.57. The topological polar surface area (TPSA) is 126 Å². The van der Waals surface area contributed by atoms with E-state index >= 15 is 0 Å². The molecule has 1 fully saturated rings. The summed E-state index contributed by atoms with van der Waals surface area (Å²) in [6, 6.07) is 0.